The summed E-state index contributed by atoms with van der Waals surface area (Å²) in [5, 5.41) is 14.5. The van der Waals surface area contributed by atoms with Crippen LogP contribution in [0.5, 0.6) is 0 Å². The van der Waals surface area contributed by atoms with Gasteiger partial charge in [-0.1, -0.05) is 54.1 Å². The number of hydrogen-bond donors (Lipinski definition) is 0. The van der Waals surface area contributed by atoms with Crippen molar-refractivity contribution in [2.45, 2.75) is 0 Å². The molecule has 0 amide bonds. The molecule has 0 aliphatic heterocycles. The van der Waals surface area contributed by atoms with Gasteiger partial charge in [-0.05, 0) is 28.5 Å². The lowest BCUT2D eigenvalue weighted by Gasteiger charge is -2.10. The van der Waals surface area contributed by atoms with Gasteiger partial charge in [0.05, 0.1) is 10.4 Å². The molecular formula is C19H11ClN2O2. The number of nitrogens with zero attached hydrogens (tertiary/aromatic N) is 2. The number of fused-ring (bicyclic) bond motifs is 2. The number of benzene rings is 3. The highest BCUT2D eigenvalue weighted by Gasteiger charge is 2.16. The van der Waals surface area contributed by atoms with Crippen LogP contribution in [0.3, 0.4) is 0 Å². The summed E-state index contributed by atoms with van der Waals surface area (Å²) >= 11 is 6.05. The molecule has 0 saturated carbocycles. The molecule has 24 heavy (non-hydrogen) atoms. The number of nitro benzene ring substituents is 1. The first-order valence-electron chi connectivity index (χ1n) is 7.36. The van der Waals surface area contributed by atoms with Gasteiger partial charge in [-0.15, -0.1) is 0 Å². The SMILES string of the molecule is O=[N+]([O-])c1cc(-c2cccc3ccccc23)c2nc(Cl)ccc2c1. The highest BCUT2D eigenvalue weighted by atomic mass is 35.5. The summed E-state index contributed by atoms with van der Waals surface area (Å²) in [6, 6.07) is 20.3. The van der Waals surface area contributed by atoms with Gasteiger partial charge >= 0.3 is 0 Å². The molecule has 0 atom stereocenters. The second-order valence-corrected chi connectivity index (χ2v) is 5.87. The molecule has 4 nitrogen and oxygen atoms in total. The Balaban J connectivity index is 2.14. The Hall–Kier alpha value is -2.98. The fourth-order valence-corrected chi connectivity index (χ4v) is 3.11. The van der Waals surface area contributed by atoms with Crippen LogP contribution >= 0.6 is 11.6 Å². The van der Waals surface area contributed by atoms with Crippen LogP contribution in [-0.4, -0.2) is 9.91 Å². The van der Waals surface area contributed by atoms with E-state index in [1.807, 2.05) is 42.5 Å². The van der Waals surface area contributed by atoms with Gasteiger partial charge in [-0.25, -0.2) is 4.98 Å². The van der Waals surface area contributed by atoms with Crippen molar-refractivity contribution in [2.24, 2.45) is 0 Å². The number of hydrogen-bond acceptors (Lipinski definition) is 3. The van der Waals surface area contributed by atoms with Gasteiger partial charge in [0.25, 0.3) is 5.69 Å². The zero-order chi connectivity index (χ0) is 16.7. The Labute approximate surface area is 142 Å². The molecule has 116 valence electrons. The van der Waals surface area contributed by atoms with Crippen LogP contribution < -0.4 is 0 Å². The quantitative estimate of drug-likeness (QED) is 0.272. The lowest BCUT2D eigenvalue weighted by molar-refractivity contribution is -0.384. The molecule has 3 aromatic carbocycles. The van der Waals surface area contributed by atoms with E-state index in [4.69, 9.17) is 11.6 Å². The molecule has 0 aliphatic carbocycles. The third-order valence-corrected chi connectivity index (χ3v) is 4.24. The molecule has 0 unspecified atom stereocenters. The van der Waals surface area contributed by atoms with E-state index >= 15 is 0 Å². The van der Waals surface area contributed by atoms with Crippen molar-refractivity contribution >= 4 is 39.0 Å². The van der Waals surface area contributed by atoms with Crippen molar-refractivity contribution in [3.05, 3.63) is 82.0 Å². The maximum absolute atomic E-state index is 11.3. The highest BCUT2D eigenvalue weighted by molar-refractivity contribution is 6.30. The van der Waals surface area contributed by atoms with Gasteiger partial charge in [0.15, 0.2) is 0 Å². The normalized spacial score (nSPS) is 11.0. The number of halogens is 1. The standard InChI is InChI=1S/C19H11ClN2O2/c20-18-9-8-13-10-14(22(23)24)11-17(19(13)21-18)16-7-3-5-12-4-1-2-6-15(12)16/h1-11H. The number of nitro groups is 1. The summed E-state index contributed by atoms with van der Waals surface area (Å²) in [6.45, 7) is 0. The van der Waals surface area contributed by atoms with E-state index in [2.05, 4.69) is 4.98 Å². The topological polar surface area (TPSA) is 56.0 Å². The molecule has 5 heteroatoms. The fraction of sp³-hybridized carbons (Fsp3) is 0. The average molecular weight is 335 g/mol. The monoisotopic (exact) mass is 334 g/mol. The van der Waals surface area contributed by atoms with E-state index in [1.54, 1.807) is 18.2 Å². The lowest BCUT2D eigenvalue weighted by atomic mass is 9.96. The van der Waals surface area contributed by atoms with Crippen LogP contribution in [0.15, 0.2) is 66.7 Å². The zero-order valence-electron chi connectivity index (χ0n) is 12.4. The lowest BCUT2D eigenvalue weighted by Crippen LogP contribution is -1.93. The second kappa shape index (κ2) is 5.58. The summed E-state index contributed by atoms with van der Waals surface area (Å²) in [5.41, 5.74) is 2.30. The van der Waals surface area contributed by atoms with Gasteiger partial charge in [0, 0.05) is 23.1 Å². The molecule has 1 heterocycles. The molecule has 0 N–H and O–H groups in total. The Morgan fingerprint density at radius 1 is 0.875 bits per heavy atom. The van der Waals surface area contributed by atoms with E-state index < -0.39 is 0 Å². The van der Waals surface area contributed by atoms with Crippen molar-refractivity contribution in [2.75, 3.05) is 0 Å². The number of rotatable bonds is 2. The predicted octanol–water partition coefficient (Wildman–Crippen LogP) is 5.62. The van der Waals surface area contributed by atoms with E-state index in [0.717, 1.165) is 16.3 Å². The van der Waals surface area contributed by atoms with Crippen molar-refractivity contribution in [1.29, 1.82) is 0 Å². The third kappa shape index (κ3) is 2.37. The van der Waals surface area contributed by atoms with Gasteiger partial charge < -0.3 is 0 Å². The van der Waals surface area contributed by atoms with E-state index in [0.29, 0.717) is 21.6 Å². The Kier molecular flexibility index (Phi) is 3.40. The maximum Gasteiger partial charge on any atom is 0.270 e. The van der Waals surface area contributed by atoms with Gasteiger partial charge in [-0.2, -0.15) is 0 Å². The highest BCUT2D eigenvalue weighted by Crippen LogP contribution is 2.36. The second-order valence-electron chi connectivity index (χ2n) is 5.48. The smallest absolute Gasteiger partial charge is 0.258 e. The molecular weight excluding hydrogens is 324 g/mol. The average Bonchev–Trinajstić information content (AvgIpc) is 2.60. The number of pyridine rings is 1. The van der Waals surface area contributed by atoms with E-state index in [1.165, 1.54) is 6.07 Å². The van der Waals surface area contributed by atoms with Crippen LogP contribution in [0.1, 0.15) is 0 Å². The van der Waals surface area contributed by atoms with E-state index in [9.17, 15) is 10.1 Å². The van der Waals surface area contributed by atoms with Crippen LogP contribution in [0.25, 0.3) is 32.8 Å². The third-order valence-electron chi connectivity index (χ3n) is 4.03. The van der Waals surface area contributed by atoms with Crippen LogP contribution in [-0.2, 0) is 0 Å². The molecule has 0 aliphatic rings. The molecule has 4 aromatic rings. The maximum atomic E-state index is 11.3. The molecule has 0 radical (unpaired) electrons. The van der Waals surface area contributed by atoms with Crippen molar-refractivity contribution < 1.29 is 4.92 Å². The molecule has 1 aromatic heterocycles. The largest absolute Gasteiger partial charge is 0.270 e. The van der Waals surface area contributed by atoms with Gasteiger partial charge in [-0.3, -0.25) is 10.1 Å². The summed E-state index contributed by atoms with van der Waals surface area (Å²) in [5.74, 6) is 0. The molecule has 0 saturated heterocycles. The van der Waals surface area contributed by atoms with Crippen LogP contribution in [0.2, 0.25) is 5.15 Å². The van der Waals surface area contributed by atoms with Crippen LogP contribution in [0, 0.1) is 10.1 Å². The van der Waals surface area contributed by atoms with E-state index in [-0.39, 0.29) is 10.6 Å². The Bertz CT molecular complexity index is 1100. The molecule has 0 bridgehead atoms. The zero-order valence-corrected chi connectivity index (χ0v) is 13.2. The summed E-state index contributed by atoms with van der Waals surface area (Å²) in [6.07, 6.45) is 0. The number of non-ortho nitro benzene ring substituents is 1. The predicted molar refractivity (Wildman–Crippen MR) is 96.3 cm³/mol. The minimum Gasteiger partial charge on any atom is -0.258 e. The molecule has 0 spiro atoms. The Morgan fingerprint density at radius 2 is 1.67 bits per heavy atom. The van der Waals surface area contributed by atoms with Crippen molar-refractivity contribution in [3.63, 3.8) is 0 Å². The first-order valence-corrected chi connectivity index (χ1v) is 7.74. The minimum absolute atomic E-state index is 0.0366. The summed E-state index contributed by atoms with van der Waals surface area (Å²) in [4.78, 5) is 15.3. The first kappa shape index (κ1) is 14.6. The molecule has 0 fully saturated rings. The van der Waals surface area contributed by atoms with Gasteiger partial charge in [0.2, 0.25) is 0 Å². The van der Waals surface area contributed by atoms with Crippen molar-refractivity contribution in [3.8, 4) is 11.1 Å². The molecule has 4 rings (SSSR count). The van der Waals surface area contributed by atoms with Crippen molar-refractivity contribution in [1.82, 2.24) is 4.98 Å². The number of aromatic nitrogens is 1. The minimum atomic E-state index is -0.386. The van der Waals surface area contributed by atoms with Crippen LogP contribution in [0.4, 0.5) is 5.69 Å². The summed E-state index contributed by atoms with van der Waals surface area (Å²) in [7, 11) is 0. The fourth-order valence-electron chi connectivity index (χ4n) is 2.97. The first-order chi connectivity index (χ1) is 11.6. The summed E-state index contributed by atoms with van der Waals surface area (Å²) < 4.78 is 0. The van der Waals surface area contributed by atoms with Gasteiger partial charge in [0.1, 0.15) is 5.15 Å². The Morgan fingerprint density at radius 3 is 2.50 bits per heavy atom.